The molecular formula is C27H29NO2P2. The molecule has 2 aromatic carbocycles. The summed E-state index contributed by atoms with van der Waals surface area (Å²) >= 11 is 0. The van der Waals surface area contributed by atoms with E-state index in [-0.39, 0.29) is 6.04 Å². The molecule has 5 heteroatoms. The highest BCUT2D eigenvalue weighted by Gasteiger charge is 2.48. The lowest BCUT2D eigenvalue weighted by Crippen LogP contribution is -2.40. The summed E-state index contributed by atoms with van der Waals surface area (Å²) in [7, 11) is -1.35. The number of nitrogens with two attached hydrogens (primary N) is 1. The second-order valence-corrected chi connectivity index (χ2v) is 13.1. The lowest BCUT2D eigenvalue weighted by molar-refractivity contribution is 0.463. The molecule has 3 unspecified atom stereocenters. The first-order valence-corrected chi connectivity index (χ1v) is 14.1. The van der Waals surface area contributed by atoms with Crippen molar-refractivity contribution >= 4 is 37.5 Å². The van der Waals surface area contributed by atoms with Gasteiger partial charge in [-0.15, -0.1) is 0 Å². The van der Waals surface area contributed by atoms with Crippen LogP contribution in [0.15, 0.2) is 106 Å². The van der Waals surface area contributed by atoms with Gasteiger partial charge in [0.2, 0.25) is 0 Å². The summed E-state index contributed by atoms with van der Waals surface area (Å²) in [6.45, 7) is 2.17. The lowest BCUT2D eigenvalue weighted by Gasteiger charge is -2.37. The molecule has 5 rings (SSSR count). The van der Waals surface area contributed by atoms with Crippen molar-refractivity contribution in [2.75, 3.05) is 0 Å². The maximum atomic E-state index is 6.63. The van der Waals surface area contributed by atoms with E-state index >= 15 is 0 Å². The highest BCUT2D eigenvalue weighted by Crippen LogP contribution is 2.60. The molecule has 4 atom stereocenters. The van der Waals surface area contributed by atoms with Gasteiger partial charge in [0.15, 0.2) is 0 Å². The second-order valence-electron chi connectivity index (χ2n) is 8.47. The van der Waals surface area contributed by atoms with Gasteiger partial charge in [-0.2, -0.15) is 0 Å². The summed E-state index contributed by atoms with van der Waals surface area (Å²) < 4.78 is 12.1. The Morgan fingerprint density at radius 1 is 0.719 bits per heavy atom. The van der Waals surface area contributed by atoms with Crippen molar-refractivity contribution in [2.45, 2.75) is 37.1 Å². The molecule has 32 heavy (non-hydrogen) atoms. The van der Waals surface area contributed by atoms with Crippen LogP contribution in [0.25, 0.3) is 0 Å². The first kappa shape index (κ1) is 21.7. The van der Waals surface area contributed by atoms with Crippen molar-refractivity contribution < 1.29 is 8.83 Å². The van der Waals surface area contributed by atoms with Crippen LogP contribution in [0.5, 0.6) is 0 Å². The Labute approximate surface area is 192 Å². The Morgan fingerprint density at radius 2 is 1.25 bits per heavy atom. The largest absolute Gasteiger partial charge is 0.464 e. The minimum absolute atomic E-state index is 0.128. The van der Waals surface area contributed by atoms with Crippen LogP contribution >= 0.6 is 15.8 Å². The van der Waals surface area contributed by atoms with Crippen molar-refractivity contribution in [3.63, 3.8) is 0 Å². The molecule has 0 bridgehead atoms. The van der Waals surface area contributed by atoms with Gasteiger partial charge < -0.3 is 14.6 Å². The van der Waals surface area contributed by atoms with Gasteiger partial charge in [-0.25, -0.2) is 0 Å². The fourth-order valence-electron chi connectivity index (χ4n) is 5.13. The summed E-state index contributed by atoms with van der Waals surface area (Å²) in [5, 5.41) is 2.87. The van der Waals surface area contributed by atoms with Crippen LogP contribution in [-0.4, -0.2) is 17.4 Å². The standard InChI is InChI=1S/C27H29NO2P2/c1-20(28)23-16-17-24(27(23)32(25-14-8-18-29-25)26-15-9-19-30-26)31(21-10-4-2-5-11-21)22-12-6-3-7-13-22/h2-15,18-20,23-24,27H,16-17,28H2,1H3/t20-,23?,24?,27?/m1/s1. The van der Waals surface area contributed by atoms with E-state index in [1.807, 2.05) is 12.1 Å². The summed E-state index contributed by atoms with van der Waals surface area (Å²) in [5.41, 5.74) is 9.60. The van der Waals surface area contributed by atoms with E-state index in [0.29, 0.717) is 17.2 Å². The molecule has 1 fully saturated rings. The summed E-state index contributed by atoms with van der Waals surface area (Å²) in [6.07, 6.45) is 5.89. The van der Waals surface area contributed by atoms with Crippen molar-refractivity contribution in [1.29, 1.82) is 0 Å². The fraction of sp³-hybridized carbons (Fsp3) is 0.259. The van der Waals surface area contributed by atoms with Crippen LogP contribution in [0.4, 0.5) is 0 Å². The van der Waals surface area contributed by atoms with Gasteiger partial charge in [-0.05, 0) is 74.1 Å². The molecule has 164 valence electrons. The monoisotopic (exact) mass is 461 g/mol. The summed E-state index contributed by atoms with van der Waals surface area (Å²) in [4.78, 5) is 0. The SMILES string of the molecule is C[C@@H](N)C1CCC(P(c2ccccc2)c2ccccc2)C1P(c1ccco1)c1ccco1. The molecule has 1 aliphatic carbocycles. The van der Waals surface area contributed by atoms with Crippen LogP contribution in [0, 0.1) is 5.92 Å². The zero-order valence-corrected chi connectivity index (χ0v) is 20.0. The van der Waals surface area contributed by atoms with Gasteiger partial charge in [0, 0.05) is 19.6 Å². The van der Waals surface area contributed by atoms with Gasteiger partial charge in [0.1, 0.15) is 11.0 Å². The Balaban J connectivity index is 1.65. The molecule has 1 saturated carbocycles. The van der Waals surface area contributed by atoms with Crippen molar-refractivity contribution in [3.05, 3.63) is 97.5 Å². The number of furan rings is 2. The van der Waals surface area contributed by atoms with Crippen LogP contribution in [0.3, 0.4) is 0 Å². The third-order valence-corrected chi connectivity index (χ3v) is 12.5. The number of benzene rings is 2. The third-order valence-electron chi connectivity index (χ3n) is 6.49. The average Bonchev–Trinajstić information content (AvgIpc) is 3.60. The molecule has 0 radical (unpaired) electrons. The molecule has 4 aromatic rings. The molecule has 1 aliphatic rings. The Bertz CT molecular complexity index is 1010. The van der Waals surface area contributed by atoms with Crippen molar-refractivity contribution in [3.8, 4) is 0 Å². The number of hydrogen-bond donors (Lipinski definition) is 1. The lowest BCUT2D eigenvalue weighted by atomic mass is 10.0. The fourth-order valence-corrected chi connectivity index (χ4v) is 11.9. The van der Waals surface area contributed by atoms with E-state index in [0.717, 1.165) is 17.4 Å². The van der Waals surface area contributed by atoms with E-state index in [2.05, 4.69) is 79.7 Å². The van der Waals surface area contributed by atoms with Gasteiger partial charge >= 0.3 is 0 Å². The van der Waals surface area contributed by atoms with E-state index in [4.69, 9.17) is 14.6 Å². The summed E-state index contributed by atoms with van der Waals surface area (Å²) in [6, 6.07) is 30.5. The molecule has 3 nitrogen and oxygen atoms in total. The van der Waals surface area contributed by atoms with E-state index < -0.39 is 15.8 Å². The highest BCUT2D eigenvalue weighted by atomic mass is 31.1. The minimum Gasteiger partial charge on any atom is -0.464 e. The molecule has 0 saturated heterocycles. The zero-order chi connectivity index (χ0) is 21.9. The first-order chi connectivity index (χ1) is 15.7. The van der Waals surface area contributed by atoms with Gasteiger partial charge in [0.05, 0.1) is 12.5 Å². The number of rotatable bonds is 7. The van der Waals surface area contributed by atoms with Gasteiger partial charge in [-0.1, -0.05) is 60.7 Å². The molecule has 2 aromatic heterocycles. The predicted octanol–water partition coefficient (Wildman–Crippen LogP) is 4.93. The maximum absolute atomic E-state index is 6.63. The van der Waals surface area contributed by atoms with E-state index in [1.54, 1.807) is 12.5 Å². The van der Waals surface area contributed by atoms with E-state index in [1.165, 1.54) is 17.0 Å². The Kier molecular flexibility index (Phi) is 6.60. The highest BCUT2D eigenvalue weighted by molar-refractivity contribution is 7.77. The van der Waals surface area contributed by atoms with Crippen molar-refractivity contribution in [2.24, 2.45) is 11.7 Å². The first-order valence-electron chi connectivity index (χ1n) is 11.2. The second kappa shape index (κ2) is 9.75. The van der Waals surface area contributed by atoms with E-state index in [9.17, 15) is 0 Å². The van der Waals surface area contributed by atoms with Gasteiger partial charge in [-0.3, -0.25) is 0 Å². The van der Waals surface area contributed by atoms with Crippen LogP contribution in [0.1, 0.15) is 19.8 Å². The average molecular weight is 461 g/mol. The van der Waals surface area contributed by atoms with Crippen LogP contribution in [0.2, 0.25) is 0 Å². The molecule has 0 aliphatic heterocycles. The minimum atomic E-state index is -0.799. The topological polar surface area (TPSA) is 52.3 Å². The maximum Gasteiger partial charge on any atom is 0.133 e. The molecule has 0 amide bonds. The van der Waals surface area contributed by atoms with Crippen LogP contribution in [-0.2, 0) is 0 Å². The third kappa shape index (κ3) is 4.23. The quantitative estimate of drug-likeness (QED) is 0.397. The molecule has 2 heterocycles. The Morgan fingerprint density at radius 3 is 1.69 bits per heavy atom. The summed E-state index contributed by atoms with van der Waals surface area (Å²) in [5.74, 6) is 0.429. The zero-order valence-electron chi connectivity index (χ0n) is 18.2. The van der Waals surface area contributed by atoms with Crippen LogP contribution < -0.4 is 27.3 Å². The van der Waals surface area contributed by atoms with Crippen molar-refractivity contribution in [1.82, 2.24) is 0 Å². The smallest absolute Gasteiger partial charge is 0.133 e. The predicted molar refractivity (Wildman–Crippen MR) is 137 cm³/mol. The molecular weight excluding hydrogens is 432 g/mol. The normalized spacial score (nSPS) is 21.9. The molecule has 0 spiro atoms. The molecule has 2 N–H and O–H groups in total. The number of hydrogen-bond acceptors (Lipinski definition) is 3. The van der Waals surface area contributed by atoms with Gasteiger partial charge in [0.25, 0.3) is 0 Å². The Hall–Kier alpha value is -2.18.